The molecule has 25 heavy (non-hydrogen) atoms. The molecule has 0 spiro atoms. The Hall–Kier alpha value is -2.47. The largest absolute Gasteiger partial charge is 0.345 e. The van der Waals surface area contributed by atoms with Crippen LogP contribution in [0.3, 0.4) is 0 Å². The van der Waals surface area contributed by atoms with Crippen molar-refractivity contribution in [2.24, 2.45) is 5.92 Å². The fraction of sp³-hybridized carbons (Fsp3) is 0.211. The third-order valence-electron chi connectivity index (χ3n) is 4.75. The van der Waals surface area contributed by atoms with Gasteiger partial charge in [-0.05, 0) is 49.6 Å². The van der Waals surface area contributed by atoms with Gasteiger partial charge < -0.3 is 9.78 Å². The molecule has 4 nitrogen and oxygen atoms in total. The number of hydrogen-bond donors (Lipinski definition) is 1. The standard InChI is InChI=1S/C19H16FNO3S/c1-11-2-5-14(6-3-11)25(23,24)19-18(15-8-12(15)10-22)16-9-13(20)4-7-17(16)21-19/h2-7,9-10,12,15,21H,8H2,1H3. The van der Waals surface area contributed by atoms with Crippen LogP contribution in [0.25, 0.3) is 10.9 Å². The smallest absolute Gasteiger partial charge is 0.222 e. The van der Waals surface area contributed by atoms with Crippen LogP contribution in [-0.2, 0) is 14.6 Å². The number of H-pyrrole nitrogens is 1. The minimum absolute atomic E-state index is 0.0614. The Bertz CT molecular complexity index is 1080. The minimum Gasteiger partial charge on any atom is -0.345 e. The van der Waals surface area contributed by atoms with Crippen molar-refractivity contribution in [3.8, 4) is 0 Å². The van der Waals surface area contributed by atoms with E-state index in [-0.39, 0.29) is 21.8 Å². The molecule has 4 rings (SSSR count). The lowest BCUT2D eigenvalue weighted by atomic mass is 10.1. The first-order chi connectivity index (χ1) is 11.9. The topological polar surface area (TPSA) is 67.0 Å². The van der Waals surface area contributed by atoms with Gasteiger partial charge in [0.2, 0.25) is 9.84 Å². The summed E-state index contributed by atoms with van der Waals surface area (Å²) in [7, 11) is -3.79. The summed E-state index contributed by atoms with van der Waals surface area (Å²) in [6.45, 7) is 1.88. The molecular weight excluding hydrogens is 341 g/mol. The summed E-state index contributed by atoms with van der Waals surface area (Å²) in [6.07, 6.45) is 1.43. The van der Waals surface area contributed by atoms with E-state index >= 15 is 0 Å². The maximum atomic E-state index is 13.7. The first-order valence-electron chi connectivity index (χ1n) is 8.00. The Balaban J connectivity index is 1.96. The van der Waals surface area contributed by atoms with Crippen LogP contribution in [0.4, 0.5) is 4.39 Å². The van der Waals surface area contributed by atoms with Gasteiger partial charge in [-0.15, -0.1) is 0 Å². The average molecular weight is 357 g/mol. The number of nitrogens with one attached hydrogen (secondary N) is 1. The van der Waals surface area contributed by atoms with E-state index in [1.54, 1.807) is 24.3 Å². The van der Waals surface area contributed by atoms with Gasteiger partial charge in [-0.3, -0.25) is 0 Å². The van der Waals surface area contributed by atoms with Gasteiger partial charge >= 0.3 is 0 Å². The summed E-state index contributed by atoms with van der Waals surface area (Å²) >= 11 is 0. The Morgan fingerprint density at radius 2 is 1.88 bits per heavy atom. The SMILES string of the molecule is Cc1ccc(S(=O)(=O)c2[nH]c3ccc(F)cc3c2C2CC2C=O)cc1. The van der Waals surface area contributed by atoms with E-state index in [0.29, 0.717) is 22.9 Å². The van der Waals surface area contributed by atoms with Gasteiger partial charge in [0.1, 0.15) is 17.1 Å². The number of aromatic amines is 1. The number of fused-ring (bicyclic) bond motifs is 1. The number of aldehydes is 1. The predicted octanol–water partition coefficient (Wildman–Crippen LogP) is 3.75. The molecule has 2 aromatic carbocycles. The average Bonchev–Trinajstić information content (AvgIpc) is 3.27. The fourth-order valence-corrected chi connectivity index (χ4v) is 4.80. The number of carbonyl (C=O) groups excluding carboxylic acids is 1. The third kappa shape index (κ3) is 2.57. The van der Waals surface area contributed by atoms with Gasteiger partial charge in [0.25, 0.3) is 0 Å². The van der Waals surface area contributed by atoms with E-state index in [1.807, 2.05) is 6.92 Å². The quantitative estimate of drug-likeness (QED) is 0.723. The molecule has 1 aliphatic carbocycles. The van der Waals surface area contributed by atoms with Crippen molar-refractivity contribution < 1.29 is 17.6 Å². The molecule has 0 radical (unpaired) electrons. The van der Waals surface area contributed by atoms with E-state index in [0.717, 1.165) is 11.8 Å². The molecule has 128 valence electrons. The number of carbonyl (C=O) groups is 1. The van der Waals surface area contributed by atoms with Gasteiger partial charge in [0, 0.05) is 22.4 Å². The highest BCUT2D eigenvalue weighted by molar-refractivity contribution is 7.91. The molecule has 1 aromatic heterocycles. The number of aromatic nitrogens is 1. The second kappa shape index (κ2) is 5.52. The number of hydrogen-bond acceptors (Lipinski definition) is 3. The van der Waals surface area contributed by atoms with E-state index in [2.05, 4.69) is 4.98 Å². The van der Waals surface area contributed by atoms with Gasteiger partial charge in [0.15, 0.2) is 0 Å². The van der Waals surface area contributed by atoms with Crippen LogP contribution in [-0.4, -0.2) is 19.7 Å². The molecule has 1 aliphatic rings. The van der Waals surface area contributed by atoms with E-state index in [9.17, 15) is 17.6 Å². The van der Waals surface area contributed by atoms with E-state index < -0.39 is 15.7 Å². The molecule has 1 fully saturated rings. The van der Waals surface area contributed by atoms with Crippen molar-refractivity contribution in [3.63, 3.8) is 0 Å². The fourth-order valence-electron chi connectivity index (χ4n) is 3.27. The number of halogens is 1. The number of sulfone groups is 1. The van der Waals surface area contributed by atoms with Crippen LogP contribution in [0.1, 0.15) is 23.5 Å². The van der Waals surface area contributed by atoms with Crippen LogP contribution in [0.15, 0.2) is 52.4 Å². The van der Waals surface area contributed by atoms with Crippen molar-refractivity contribution in [1.82, 2.24) is 4.98 Å². The summed E-state index contributed by atoms with van der Waals surface area (Å²) < 4.78 is 40.0. The Morgan fingerprint density at radius 3 is 2.52 bits per heavy atom. The first kappa shape index (κ1) is 16.0. The molecule has 1 saturated carbocycles. The Kier molecular flexibility index (Phi) is 3.54. The van der Waals surface area contributed by atoms with Crippen LogP contribution < -0.4 is 0 Å². The summed E-state index contributed by atoms with van der Waals surface area (Å²) in [4.78, 5) is 14.2. The second-order valence-electron chi connectivity index (χ2n) is 6.52. The monoisotopic (exact) mass is 357 g/mol. The molecule has 0 saturated heterocycles. The first-order valence-corrected chi connectivity index (χ1v) is 9.48. The van der Waals surface area contributed by atoms with Crippen molar-refractivity contribution in [2.75, 3.05) is 0 Å². The van der Waals surface area contributed by atoms with E-state index in [1.165, 1.54) is 18.2 Å². The van der Waals surface area contributed by atoms with Crippen molar-refractivity contribution in [1.29, 1.82) is 0 Å². The molecule has 2 atom stereocenters. The van der Waals surface area contributed by atoms with Crippen molar-refractivity contribution in [3.05, 3.63) is 59.4 Å². The van der Waals surface area contributed by atoms with Crippen LogP contribution in [0.5, 0.6) is 0 Å². The van der Waals surface area contributed by atoms with Crippen molar-refractivity contribution in [2.45, 2.75) is 29.2 Å². The molecular formula is C19H16FNO3S. The van der Waals surface area contributed by atoms with Crippen LogP contribution in [0, 0.1) is 18.7 Å². The maximum Gasteiger partial charge on any atom is 0.222 e. The highest BCUT2D eigenvalue weighted by atomic mass is 32.2. The molecule has 3 aromatic rings. The molecule has 1 heterocycles. The zero-order chi connectivity index (χ0) is 17.8. The maximum absolute atomic E-state index is 13.7. The predicted molar refractivity (Wildman–Crippen MR) is 91.8 cm³/mol. The number of benzene rings is 2. The summed E-state index contributed by atoms with van der Waals surface area (Å²) in [6, 6.07) is 10.7. The lowest BCUT2D eigenvalue weighted by Gasteiger charge is -2.06. The van der Waals surface area contributed by atoms with E-state index in [4.69, 9.17) is 0 Å². The number of rotatable bonds is 4. The zero-order valence-corrected chi connectivity index (χ0v) is 14.3. The molecule has 0 amide bonds. The zero-order valence-electron chi connectivity index (χ0n) is 13.5. The summed E-state index contributed by atoms with van der Waals surface area (Å²) in [5.74, 6) is -0.840. The minimum atomic E-state index is -3.79. The van der Waals surface area contributed by atoms with Gasteiger partial charge in [-0.25, -0.2) is 12.8 Å². The molecule has 0 aliphatic heterocycles. The van der Waals surface area contributed by atoms with Crippen LogP contribution in [0.2, 0.25) is 0 Å². The molecule has 6 heteroatoms. The highest BCUT2D eigenvalue weighted by Crippen LogP contribution is 2.51. The summed E-state index contributed by atoms with van der Waals surface area (Å²) in [5, 5.41) is 0.589. The third-order valence-corrected chi connectivity index (χ3v) is 6.50. The van der Waals surface area contributed by atoms with Crippen molar-refractivity contribution >= 4 is 27.0 Å². The Morgan fingerprint density at radius 1 is 1.16 bits per heavy atom. The Labute approximate surface area is 144 Å². The highest BCUT2D eigenvalue weighted by Gasteiger charge is 2.43. The van der Waals surface area contributed by atoms with Crippen LogP contribution >= 0.6 is 0 Å². The van der Waals surface area contributed by atoms with Gasteiger partial charge in [0.05, 0.1) is 4.90 Å². The van der Waals surface area contributed by atoms with Gasteiger partial charge in [-0.1, -0.05) is 17.7 Å². The van der Waals surface area contributed by atoms with Gasteiger partial charge in [-0.2, -0.15) is 0 Å². The normalized spacial score (nSPS) is 19.9. The lowest BCUT2D eigenvalue weighted by Crippen LogP contribution is -2.05. The molecule has 1 N–H and O–H groups in total. The second-order valence-corrected chi connectivity index (χ2v) is 8.40. The molecule has 2 unspecified atom stereocenters. The summed E-state index contributed by atoms with van der Waals surface area (Å²) in [5.41, 5.74) is 2.03. The molecule has 0 bridgehead atoms. The lowest BCUT2D eigenvalue weighted by molar-refractivity contribution is -0.108. The number of aryl methyl sites for hydroxylation is 1.